The van der Waals surface area contributed by atoms with Crippen LogP contribution < -0.4 is 0 Å². The van der Waals surface area contributed by atoms with E-state index in [0.717, 1.165) is 0 Å². The molecule has 5 aliphatic heterocycles. The van der Waals surface area contributed by atoms with Gasteiger partial charge in [0.15, 0.2) is 0 Å². The zero-order chi connectivity index (χ0) is 39.8. The van der Waals surface area contributed by atoms with Crippen LogP contribution >= 0.6 is 0 Å². The molecule has 10 rings (SSSR count). The SMILES string of the molecule is CC(C)CC(=O)O[C@H]1/C=C/C=C\C(=O)O[C@H]2CC[C@@H]3[C@]2(O)[C@H](O)[C@@]2(CO)O[C@H]2[C@H]2[C@H]4OC5(c6ccccc6)O[C@@H]([C@@H](C)[C@@]23O5)[C@@]4(O)[C@](C)(O)C[C@H]2CC[C@H]1[C@H]2C. The summed E-state index contributed by atoms with van der Waals surface area (Å²) < 4.78 is 39.3. The maximum Gasteiger partial charge on any atom is 0.331 e. The molecule has 5 heterocycles. The molecule has 0 aromatic heterocycles. The summed E-state index contributed by atoms with van der Waals surface area (Å²) in [7, 11) is 0. The third-order valence-corrected chi connectivity index (χ3v) is 15.4. The second-order valence-electron chi connectivity index (χ2n) is 18.7. The van der Waals surface area contributed by atoms with Crippen molar-refractivity contribution in [1.29, 1.82) is 0 Å². The number of carbonyl (C=O) groups excluding carboxylic acids is 2. The summed E-state index contributed by atoms with van der Waals surface area (Å²) in [6.07, 6.45) is 1.39. The van der Waals surface area contributed by atoms with Crippen LogP contribution in [0.5, 0.6) is 0 Å². The van der Waals surface area contributed by atoms with E-state index in [-0.39, 0.29) is 55.3 Å². The van der Waals surface area contributed by atoms with Crippen LogP contribution in [0.2, 0.25) is 0 Å². The molecule has 56 heavy (non-hydrogen) atoms. The number of aliphatic hydroxyl groups is 5. The Balaban J connectivity index is 1.21. The van der Waals surface area contributed by atoms with Crippen LogP contribution in [0, 0.1) is 41.4 Å². The van der Waals surface area contributed by atoms with Crippen molar-refractivity contribution >= 4 is 11.9 Å². The maximum atomic E-state index is 13.5. The van der Waals surface area contributed by atoms with Crippen LogP contribution in [0.3, 0.4) is 0 Å². The maximum absolute atomic E-state index is 13.5. The summed E-state index contributed by atoms with van der Waals surface area (Å²) in [6, 6.07) is 9.03. The first-order chi connectivity index (χ1) is 26.5. The van der Waals surface area contributed by atoms with Gasteiger partial charge in [0, 0.05) is 41.7 Å². The van der Waals surface area contributed by atoms with E-state index in [9.17, 15) is 35.1 Å². The van der Waals surface area contributed by atoms with E-state index in [1.165, 1.54) is 12.2 Å². The van der Waals surface area contributed by atoms with Crippen LogP contribution in [0.15, 0.2) is 54.6 Å². The highest BCUT2D eigenvalue weighted by atomic mass is 16.9. The largest absolute Gasteiger partial charge is 0.458 e. The highest BCUT2D eigenvalue weighted by molar-refractivity contribution is 5.82. The van der Waals surface area contributed by atoms with E-state index < -0.39 is 101 Å². The molecule has 8 fully saturated rings. The van der Waals surface area contributed by atoms with E-state index in [2.05, 4.69) is 6.92 Å². The Labute approximate surface area is 326 Å². The molecule has 1 aromatic carbocycles. The molecule has 13 nitrogen and oxygen atoms in total. The van der Waals surface area contributed by atoms with Crippen molar-refractivity contribution in [3.63, 3.8) is 0 Å². The highest BCUT2D eigenvalue weighted by Crippen LogP contribution is 2.74. The van der Waals surface area contributed by atoms with E-state index in [4.69, 9.17) is 28.4 Å². The highest BCUT2D eigenvalue weighted by Gasteiger charge is 2.90. The molecule has 0 amide bonds. The van der Waals surface area contributed by atoms with Gasteiger partial charge in [-0.05, 0) is 62.9 Å². The van der Waals surface area contributed by atoms with E-state index in [1.807, 2.05) is 39.0 Å². The minimum Gasteiger partial charge on any atom is -0.458 e. The number of esters is 2. The summed E-state index contributed by atoms with van der Waals surface area (Å²) >= 11 is 0. The summed E-state index contributed by atoms with van der Waals surface area (Å²) in [5.74, 6) is -5.74. The Morgan fingerprint density at radius 1 is 0.964 bits per heavy atom. The zero-order valence-corrected chi connectivity index (χ0v) is 32.7. The van der Waals surface area contributed by atoms with Gasteiger partial charge in [-0.15, -0.1) is 0 Å². The van der Waals surface area contributed by atoms with Gasteiger partial charge in [0.25, 0.3) is 0 Å². The molecule has 13 heteroatoms. The predicted molar refractivity (Wildman–Crippen MR) is 196 cm³/mol. The van der Waals surface area contributed by atoms with Gasteiger partial charge in [-0.25, -0.2) is 4.79 Å². The first-order valence-corrected chi connectivity index (χ1v) is 20.5. The fourth-order valence-corrected chi connectivity index (χ4v) is 12.7. The van der Waals surface area contributed by atoms with Crippen LogP contribution in [0.25, 0.3) is 0 Å². The van der Waals surface area contributed by atoms with Crippen LogP contribution in [-0.4, -0.2) is 109 Å². The van der Waals surface area contributed by atoms with Gasteiger partial charge >= 0.3 is 17.9 Å². The van der Waals surface area contributed by atoms with E-state index in [1.54, 1.807) is 31.2 Å². The number of ether oxygens (including phenoxy) is 6. The van der Waals surface area contributed by atoms with Gasteiger partial charge < -0.3 is 54.0 Å². The van der Waals surface area contributed by atoms with Gasteiger partial charge in [0.2, 0.25) is 0 Å². The first kappa shape index (κ1) is 38.8. The summed E-state index contributed by atoms with van der Waals surface area (Å²) in [5.41, 5.74) is -8.74. The fraction of sp³-hybridized carbons (Fsp3) is 0.721. The monoisotopic (exact) mass is 780 g/mol. The van der Waals surface area contributed by atoms with Crippen molar-refractivity contribution < 1.29 is 63.5 Å². The lowest BCUT2D eigenvalue weighted by Gasteiger charge is -2.74. The van der Waals surface area contributed by atoms with Crippen LogP contribution in [0.4, 0.5) is 0 Å². The topological polar surface area (TPSA) is 194 Å². The van der Waals surface area contributed by atoms with Crippen molar-refractivity contribution in [1.82, 2.24) is 0 Å². The summed E-state index contributed by atoms with van der Waals surface area (Å²) in [4.78, 5) is 26.6. The molecule has 5 N–H and O–H groups in total. The lowest BCUT2D eigenvalue weighted by molar-refractivity contribution is -0.595. The van der Waals surface area contributed by atoms with Gasteiger partial charge in [-0.3, -0.25) is 4.79 Å². The van der Waals surface area contributed by atoms with Gasteiger partial charge in [-0.1, -0.05) is 70.2 Å². The molecule has 4 saturated carbocycles. The molecule has 1 unspecified atom stereocenters. The Hall–Kier alpha value is -2.72. The number of carbonyl (C=O) groups is 2. The molecule has 1 aromatic rings. The van der Waals surface area contributed by atoms with Gasteiger partial charge in [0.1, 0.15) is 53.4 Å². The molecule has 1 spiro atoms. The molecule has 4 saturated heterocycles. The second kappa shape index (κ2) is 12.9. The number of epoxide rings is 1. The van der Waals surface area contributed by atoms with Crippen molar-refractivity contribution in [2.45, 2.75) is 144 Å². The van der Waals surface area contributed by atoms with Gasteiger partial charge in [0.05, 0.1) is 17.8 Å². The van der Waals surface area contributed by atoms with Crippen molar-refractivity contribution in [3.8, 4) is 0 Å². The van der Waals surface area contributed by atoms with Crippen LogP contribution in [-0.2, 0) is 44.0 Å². The number of rotatable bonds is 5. The Bertz CT molecular complexity index is 1800. The first-order valence-electron chi connectivity index (χ1n) is 20.5. The lowest BCUT2D eigenvalue weighted by atomic mass is 9.49. The molecule has 4 aliphatic carbocycles. The standard InChI is InChI=1S/C43H56O13/c1-22(2)19-32(46)51-28-13-9-10-14-31(45)52-30-18-17-29-40(30,49)37(47)39(21-44)35(53-39)33-36-42(50,38(5,48)20-25-15-16-27(28)23(25)3)34-24(4)41(29,33)56-43(54-34,55-36)26-11-7-6-8-12-26/h6-14,22-25,27-30,33-37,44,47-50H,15-21H2,1-5H3/b13-9+,14-10-/t23-,24+,25+,27-,28-,29+,30-,33-,34-,35-,36+,37+,38+,39-,40+,41-,42-,43?/m0/s1. The average molecular weight is 781 g/mol. The van der Waals surface area contributed by atoms with E-state index in [0.29, 0.717) is 18.4 Å². The Morgan fingerprint density at radius 2 is 1.70 bits per heavy atom. The van der Waals surface area contributed by atoms with Gasteiger partial charge in [-0.2, -0.15) is 0 Å². The molecular formula is C43H56O13. The van der Waals surface area contributed by atoms with Crippen LogP contribution in [0.1, 0.15) is 78.7 Å². The number of benzene rings is 1. The summed E-state index contributed by atoms with van der Waals surface area (Å²) in [5, 5.41) is 62.8. The number of aliphatic hydroxyl groups excluding tert-OH is 2. The predicted octanol–water partition coefficient (Wildman–Crippen LogP) is 2.79. The molecule has 18 atom stereocenters. The minimum atomic E-state index is -2.18. The third kappa shape index (κ3) is 5.05. The smallest absolute Gasteiger partial charge is 0.331 e. The molecular weight excluding hydrogens is 724 g/mol. The van der Waals surface area contributed by atoms with Crippen molar-refractivity contribution in [2.75, 3.05) is 6.61 Å². The van der Waals surface area contributed by atoms with Crippen molar-refractivity contribution in [3.05, 3.63) is 60.2 Å². The number of fused-ring (bicyclic) bond motifs is 3. The second-order valence-corrected chi connectivity index (χ2v) is 18.7. The number of hydrogen-bond donors (Lipinski definition) is 5. The molecule has 9 aliphatic rings. The Morgan fingerprint density at radius 3 is 2.41 bits per heavy atom. The number of hydrogen-bond acceptors (Lipinski definition) is 13. The fourth-order valence-electron chi connectivity index (χ4n) is 12.7. The Kier molecular flexibility index (Phi) is 8.93. The number of allylic oxidation sites excluding steroid dienone is 2. The molecule has 10 bridgehead atoms. The molecule has 306 valence electrons. The quantitative estimate of drug-likeness (QED) is 0.217. The normalized spacial score (nSPS) is 53.8. The third-order valence-electron chi connectivity index (χ3n) is 15.4. The average Bonchev–Trinajstić information content (AvgIpc) is 3.66. The lowest BCUT2D eigenvalue weighted by Crippen LogP contribution is -2.89. The van der Waals surface area contributed by atoms with Crippen molar-refractivity contribution in [2.24, 2.45) is 41.4 Å². The summed E-state index contributed by atoms with van der Waals surface area (Å²) in [6.45, 7) is 8.76. The van der Waals surface area contributed by atoms with E-state index >= 15 is 0 Å². The minimum absolute atomic E-state index is 0.0587. The molecule has 0 radical (unpaired) electrons. The zero-order valence-electron chi connectivity index (χ0n) is 32.7.